The van der Waals surface area contributed by atoms with Gasteiger partial charge >= 0.3 is 6.03 Å². The molecule has 2 atom stereocenters. The van der Waals surface area contributed by atoms with Crippen LogP contribution in [0.5, 0.6) is 5.75 Å². The minimum absolute atomic E-state index is 0.00642. The first-order valence-corrected chi connectivity index (χ1v) is 22.4. The highest BCUT2D eigenvalue weighted by atomic mass is 35.5. The van der Waals surface area contributed by atoms with Crippen LogP contribution in [0, 0.1) is 5.92 Å². The highest BCUT2D eigenvalue weighted by molar-refractivity contribution is 7.90. The van der Waals surface area contributed by atoms with Crippen LogP contribution in [0.1, 0.15) is 70.6 Å². The molecule has 0 bridgehead atoms. The number of amidine groups is 1. The van der Waals surface area contributed by atoms with Gasteiger partial charge in [0.05, 0.1) is 35.3 Å². The van der Waals surface area contributed by atoms with Gasteiger partial charge in [0.15, 0.2) is 9.84 Å². The number of aliphatic imine (C=N–C) groups is 1. The van der Waals surface area contributed by atoms with Crippen LogP contribution in [0.15, 0.2) is 70.6 Å². The van der Waals surface area contributed by atoms with Crippen LogP contribution < -0.4 is 4.74 Å². The Bertz CT molecular complexity index is 2020. The number of ether oxygens (including phenoxy) is 3. The number of halogens is 3. The van der Waals surface area contributed by atoms with E-state index in [1.165, 1.54) is 12.1 Å². The molecule has 310 valence electrons. The van der Waals surface area contributed by atoms with E-state index in [-0.39, 0.29) is 46.0 Å². The standard InChI is InChI=1S/C42H53Cl3N4O7S/c1-7-54-24-22-47(23-25-55-8-2)38(50)26-29-18-20-48(21-19-29)40(51)49-39(34-27-37(57(6,52)53)35(45)28-36(34)56-9-3)46-41(4,30-10-14-32(43)15-11-30)42(49,5)31-12-16-33(44)17-13-31/h10-17,27-29H,7-9,18-26H2,1-6H3/t41-,42+/m0/s1. The number of hydrogen-bond donors (Lipinski definition) is 0. The molecule has 0 radical (unpaired) electrons. The summed E-state index contributed by atoms with van der Waals surface area (Å²) in [6.45, 7) is 13.6. The number of carbonyl (C=O) groups excluding carboxylic acids is 2. The Balaban J connectivity index is 1.58. The molecule has 2 heterocycles. The average molecular weight is 864 g/mol. The zero-order chi connectivity index (χ0) is 41.5. The zero-order valence-electron chi connectivity index (χ0n) is 33.5. The summed E-state index contributed by atoms with van der Waals surface area (Å²) in [6, 6.07) is 17.2. The minimum Gasteiger partial charge on any atom is -0.493 e. The lowest BCUT2D eigenvalue weighted by Crippen LogP contribution is -2.59. The topological polar surface area (TPSA) is 118 Å². The monoisotopic (exact) mass is 862 g/mol. The van der Waals surface area contributed by atoms with E-state index in [4.69, 9.17) is 54.0 Å². The van der Waals surface area contributed by atoms with Crippen LogP contribution in [-0.2, 0) is 35.2 Å². The predicted molar refractivity (Wildman–Crippen MR) is 226 cm³/mol. The lowest BCUT2D eigenvalue weighted by Gasteiger charge is -2.47. The largest absolute Gasteiger partial charge is 0.493 e. The third kappa shape index (κ3) is 9.74. The summed E-state index contributed by atoms with van der Waals surface area (Å²) in [5.74, 6) is 0.599. The maximum Gasteiger partial charge on any atom is 0.326 e. The van der Waals surface area contributed by atoms with E-state index < -0.39 is 20.9 Å². The maximum atomic E-state index is 15.4. The summed E-state index contributed by atoms with van der Waals surface area (Å²) >= 11 is 19.4. The first kappa shape index (κ1) is 44.7. The van der Waals surface area contributed by atoms with Gasteiger partial charge in [0.1, 0.15) is 22.7 Å². The van der Waals surface area contributed by atoms with Gasteiger partial charge in [0, 0.05) is 68.2 Å². The van der Waals surface area contributed by atoms with E-state index in [1.54, 1.807) is 39.0 Å². The summed E-state index contributed by atoms with van der Waals surface area (Å²) in [7, 11) is -3.81. The Labute approximate surface area is 352 Å². The summed E-state index contributed by atoms with van der Waals surface area (Å²) in [6.07, 6.45) is 2.65. The Kier molecular flexibility index (Phi) is 15.0. The van der Waals surface area contributed by atoms with E-state index in [2.05, 4.69) is 0 Å². The summed E-state index contributed by atoms with van der Waals surface area (Å²) in [5.41, 5.74) is -0.551. The molecule has 0 saturated carbocycles. The Morgan fingerprint density at radius 3 is 1.89 bits per heavy atom. The molecule has 15 heteroatoms. The van der Waals surface area contributed by atoms with Gasteiger partial charge < -0.3 is 24.0 Å². The van der Waals surface area contributed by atoms with Crippen LogP contribution >= 0.6 is 34.8 Å². The molecule has 3 aromatic carbocycles. The number of piperidine rings is 1. The van der Waals surface area contributed by atoms with Crippen LogP contribution in [-0.4, -0.2) is 106 Å². The molecule has 2 aliphatic heterocycles. The van der Waals surface area contributed by atoms with Crippen molar-refractivity contribution in [3.05, 3.63) is 92.4 Å². The number of nitrogens with zero attached hydrogens (tertiary/aromatic N) is 4. The molecule has 2 aliphatic rings. The lowest BCUT2D eigenvalue weighted by molar-refractivity contribution is -0.134. The molecule has 57 heavy (non-hydrogen) atoms. The quantitative estimate of drug-likeness (QED) is 0.133. The summed E-state index contributed by atoms with van der Waals surface area (Å²) in [4.78, 5) is 39.5. The zero-order valence-corrected chi connectivity index (χ0v) is 36.6. The fourth-order valence-corrected chi connectivity index (χ4v) is 9.25. The van der Waals surface area contributed by atoms with Crippen molar-refractivity contribution in [1.29, 1.82) is 0 Å². The molecule has 3 amide bonds. The second-order valence-electron chi connectivity index (χ2n) is 14.6. The van der Waals surface area contributed by atoms with Crippen LogP contribution in [0.4, 0.5) is 4.79 Å². The molecule has 1 saturated heterocycles. The van der Waals surface area contributed by atoms with E-state index in [0.717, 1.165) is 17.4 Å². The maximum absolute atomic E-state index is 15.4. The Morgan fingerprint density at radius 1 is 0.842 bits per heavy atom. The van der Waals surface area contributed by atoms with Gasteiger partial charge in [-0.25, -0.2) is 13.2 Å². The minimum atomic E-state index is -3.81. The molecule has 0 aliphatic carbocycles. The highest BCUT2D eigenvalue weighted by Gasteiger charge is 2.60. The van der Waals surface area contributed by atoms with Crippen LogP contribution in [0.3, 0.4) is 0 Å². The Hall–Kier alpha value is -3.39. The van der Waals surface area contributed by atoms with E-state index in [1.807, 2.05) is 58.9 Å². The number of likely N-dealkylation sites (tertiary alicyclic amines) is 1. The van der Waals surface area contributed by atoms with E-state index in [9.17, 15) is 13.2 Å². The number of urea groups is 1. The molecule has 0 spiro atoms. The number of carbonyl (C=O) groups is 2. The van der Waals surface area contributed by atoms with Gasteiger partial charge in [-0.05, 0) is 94.8 Å². The SMILES string of the molecule is CCOCCN(CCOCC)C(=O)CC1CCN(C(=O)N2C(c3cc(S(C)(=O)=O)c(Cl)cc3OCC)=N[C@@](C)(c3ccc(Cl)cc3)[C@@]2(C)c2ccc(Cl)cc2)CC1. The smallest absolute Gasteiger partial charge is 0.326 e. The fraction of sp³-hybridized carbons (Fsp3) is 0.500. The first-order chi connectivity index (χ1) is 27.1. The molecule has 0 unspecified atom stereocenters. The van der Waals surface area contributed by atoms with Crippen LogP contribution in [0.25, 0.3) is 0 Å². The third-order valence-electron chi connectivity index (χ3n) is 11.0. The van der Waals surface area contributed by atoms with Gasteiger partial charge in [0.2, 0.25) is 5.91 Å². The van der Waals surface area contributed by atoms with Crippen molar-refractivity contribution in [3.63, 3.8) is 0 Å². The van der Waals surface area contributed by atoms with Gasteiger partial charge in [-0.1, -0.05) is 59.1 Å². The Morgan fingerprint density at radius 2 is 1.39 bits per heavy atom. The van der Waals surface area contributed by atoms with Crippen molar-refractivity contribution >= 4 is 62.4 Å². The van der Waals surface area contributed by atoms with Gasteiger partial charge in [-0.2, -0.15) is 0 Å². The first-order valence-electron chi connectivity index (χ1n) is 19.4. The van der Waals surface area contributed by atoms with Crippen molar-refractivity contribution in [2.24, 2.45) is 10.9 Å². The molecular formula is C42H53Cl3N4O7S. The van der Waals surface area contributed by atoms with E-state index in [0.29, 0.717) is 87.5 Å². The molecule has 0 N–H and O–H groups in total. The van der Waals surface area contributed by atoms with Crippen LogP contribution in [0.2, 0.25) is 15.1 Å². The summed E-state index contributed by atoms with van der Waals surface area (Å²) < 4.78 is 43.3. The molecule has 3 aromatic rings. The van der Waals surface area contributed by atoms with Gasteiger partial charge in [0.25, 0.3) is 0 Å². The average Bonchev–Trinajstić information content (AvgIpc) is 3.41. The fourth-order valence-electron chi connectivity index (χ4n) is 7.68. The molecule has 11 nitrogen and oxygen atoms in total. The number of sulfone groups is 1. The predicted octanol–water partition coefficient (Wildman–Crippen LogP) is 8.47. The number of rotatable bonds is 16. The number of amides is 3. The second-order valence-corrected chi connectivity index (χ2v) is 17.9. The lowest BCUT2D eigenvalue weighted by atomic mass is 9.71. The van der Waals surface area contributed by atoms with Gasteiger partial charge in [-0.15, -0.1) is 0 Å². The molecule has 0 aromatic heterocycles. The van der Waals surface area contributed by atoms with Crippen molar-refractivity contribution in [1.82, 2.24) is 14.7 Å². The van der Waals surface area contributed by atoms with E-state index >= 15 is 4.79 Å². The molecule has 5 rings (SSSR count). The molecule has 1 fully saturated rings. The van der Waals surface area contributed by atoms with Crippen molar-refractivity contribution in [3.8, 4) is 5.75 Å². The molecular weight excluding hydrogens is 811 g/mol. The van der Waals surface area contributed by atoms with Crippen molar-refractivity contribution < 1.29 is 32.2 Å². The number of benzene rings is 3. The summed E-state index contributed by atoms with van der Waals surface area (Å²) in [5, 5.41) is 1.05. The normalized spacial score (nSPS) is 20.1. The second kappa shape index (κ2) is 19.1. The van der Waals surface area contributed by atoms with Crippen molar-refractivity contribution in [2.45, 2.75) is 69.9 Å². The highest BCUT2D eigenvalue weighted by Crippen LogP contribution is 2.54. The third-order valence-corrected chi connectivity index (χ3v) is 13.1. The van der Waals surface area contributed by atoms with Gasteiger partial charge in [-0.3, -0.25) is 14.7 Å². The van der Waals surface area contributed by atoms with Crippen molar-refractivity contribution in [2.75, 3.05) is 65.5 Å². The number of hydrogen-bond acceptors (Lipinski definition) is 8.